The second-order valence-electron chi connectivity index (χ2n) is 2.28. The highest BCUT2D eigenvalue weighted by Gasteiger charge is 2.16. The molecule has 0 aromatic heterocycles. The topological polar surface area (TPSA) is 40.9 Å². The molecule has 0 N–H and O–H groups in total. The van der Waals surface area contributed by atoms with E-state index >= 15 is 0 Å². The zero-order valence-electron chi connectivity index (χ0n) is 5.17. The lowest BCUT2D eigenvalue weighted by Gasteiger charge is -2.13. The Labute approximate surface area is 57.3 Å². The Morgan fingerprint density at radius 2 is 2.44 bits per heavy atom. The summed E-state index contributed by atoms with van der Waals surface area (Å²) in [6, 6.07) is 2.14. The van der Waals surface area contributed by atoms with Crippen molar-refractivity contribution in [3.63, 3.8) is 0 Å². The van der Waals surface area contributed by atoms with Crippen molar-refractivity contribution in [1.82, 2.24) is 0 Å². The molecule has 1 heterocycles. The Hall–Kier alpha value is -0.360. The molecule has 0 aromatic carbocycles. The van der Waals surface area contributed by atoms with Gasteiger partial charge in [0.15, 0.2) is 0 Å². The van der Waals surface area contributed by atoms with Crippen LogP contribution in [0.4, 0.5) is 0 Å². The summed E-state index contributed by atoms with van der Waals surface area (Å²) in [5.41, 5.74) is 0. The fourth-order valence-corrected chi connectivity index (χ4v) is 2.33. The molecule has 0 spiro atoms. The van der Waals surface area contributed by atoms with Crippen LogP contribution in [-0.2, 0) is 10.8 Å². The van der Waals surface area contributed by atoms with Crippen LogP contribution < -0.4 is 0 Å². The minimum absolute atomic E-state index is 0.0691. The molecule has 0 bridgehead atoms. The summed E-state index contributed by atoms with van der Waals surface area (Å²) in [5, 5.41) is 8.42. The van der Waals surface area contributed by atoms with E-state index in [1.54, 1.807) is 0 Å². The van der Waals surface area contributed by atoms with Crippen molar-refractivity contribution in [3.05, 3.63) is 0 Å². The van der Waals surface area contributed by atoms with Gasteiger partial charge in [0, 0.05) is 22.3 Å². The second-order valence-corrected chi connectivity index (χ2v) is 3.90. The molecule has 0 amide bonds. The van der Waals surface area contributed by atoms with E-state index in [2.05, 4.69) is 6.07 Å². The van der Waals surface area contributed by atoms with E-state index in [4.69, 9.17) is 5.26 Å². The third-order valence-electron chi connectivity index (χ3n) is 1.49. The lowest BCUT2D eigenvalue weighted by atomic mass is 10.1. The van der Waals surface area contributed by atoms with E-state index in [0.29, 0.717) is 5.75 Å². The molecule has 2 atom stereocenters. The highest BCUT2D eigenvalue weighted by atomic mass is 32.2. The van der Waals surface area contributed by atoms with E-state index in [1.807, 2.05) is 0 Å². The average molecular weight is 143 g/mol. The molecule has 1 fully saturated rings. The van der Waals surface area contributed by atoms with Gasteiger partial charge in [-0.1, -0.05) is 0 Å². The summed E-state index contributed by atoms with van der Waals surface area (Å²) < 4.78 is 10.8. The van der Waals surface area contributed by atoms with Gasteiger partial charge in [0.1, 0.15) is 0 Å². The lowest BCUT2D eigenvalue weighted by Crippen LogP contribution is -2.18. The van der Waals surface area contributed by atoms with Crippen LogP contribution in [0.2, 0.25) is 0 Å². The molecule has 0 aliphatic carbocycles. The van der Waals surface area contributed by atoms with Gasteiger partial charge >= 0.3 is 0 Å². The van der Waals surface area contributed by atoms with Crippen LogP contribution >= 0.6 is 0 Å². The molecule has 9 heavy (non-hydrogen) atoms. The van der Waals surface area contributed by atoms with Crippen LogP contribution in [0.15, 0.2) is 0 Å². The van der Waals surface area contributed by atoms with Gasteiger partial charge in [-0.25, -0.2) is 0 Å². The highest BCUT2D eigenvalue weighted by Crippen LogP contribution is 2.13. The zero-order chi connectivity index (χ0) is 6.69. The molecule has 1 aliphatic heterocycles. The standard InChI is InChI=1S/C6H9NOS/c7-4-6-2-1-3-9(8)5-6/h6H,1-3,5H2/t6-,9?/m0/s1. The van der Waals surface area contributed by atoms with Gasteiger partial charge in [-0.2, -0.15) is 5.26 Å². The summed E-state index contributed by atoms with van der Waals surface area (Å²) in [4.78, 5) is 0. The zero-order valence-corrected chi connectivity index (χ0v) is 5.99. The summed E-state index contributed by atoms with van der Waals surface area (Å²) in [7, 11) is -0.693. The van der Waals surface area contributed by atoms with Crippen molar-refractivity contribution in [2.75, 3.05) is 11.5 Å². The molecule has 50 valence electrons. The molecular formula is C6H9NOS. The molecule has 2 nitrogen and oxygen atoms in total. The van der Waals surface area contributed by atoms with Crippen molar-refractivity contribution in [2.45, 2.75) is 12.8 Å². The Bertz CT molecular complexity index is 161. The number of rotatable bonds is 0. The van der Waals surface area contributed by atoms with E-state index in [9.17, 15) is 4.21 Å². The van der Waals surface area contributed by atoms with Gasteiger partial charge < -0.3 is 0 Å². The first-order chi connectivity index (χ1) is 4.33. The fourth-order valence-electron chi connectivity index (χ4n) is 0.984. The Balaban J connectivity index is 2.43. The fraction of sp³-hybridized carbons (Fsp3) is 0.833. The number of nitrogens with zero attached hydrogens (tertiary/aromatic N) is 1. The van der Waals surface area contributed by atoms with Gasteiger partial charge in [-0.3, -0.25) is 4.21 Å². The van der Waals surface area contributed by atoms with Crippen LogP contribution in [0.5, 0.6) is 0 Å². The first kappa shape index (κ1) is 6.76. The van der Waals surface area contributed by atoms with Crippen LogP contribution in [0.3, 0.4) is 0 Å². The molecule has 1 unspecified atom stereocenters. The molecule has 1 aliphatic rings. The third kappa shape index (κ3) is 1.79. The van der Waals surface area contributed by atoms with Gasteiger partial charge in [0.2, 0.25) is 0 Å². The minimum Gasteiger partial charge on any atom is -0.260 e. The van der Waals surface area contributed by atoms with E-state index in [1.165, 1.54) is 0 Å². The van der Waals surface area contributed by atoms with Gasteiger partial charge in [0.05, 0.1) is 12.0 Å². The molecule has 0 saturated carbocycles. The first-order valence-electron chi connectivity index (χ1n) is 3.07. The van der Waals surface area contributed by atoms with Crippen LogP contribution in [-0.4, -0.2) is 15.7 Å². The summed E-state index contributed by atoms with van der Waals surface area (Å²) in [6.45, 7) is 0. The molecule has 0 radical (unpaired) electrons. The second kappa shape index (κ2) is 2.98. The predicted molar refractivity (Wildman–Crippen MR) is 36.2 cm³/mol. The van der Waals surface area contributed by atoms with Crippen molar-refractivity contribution in [3.8, 4) is 6.07 Å². The monoisotopic (exact) mass is 143 g/mol. The number of hydrogen-bond donors (Lipinski definition) is 0. The maximum absolute atomic E-state index is 10.8. The Morgan fingerprint density at radius 3 is 2.89 bits per heavy atom. The van der Waals surface area contributed by atoms with E-state index < -0.39 is 10.8 Å². The van der Waals surface area contributed by atoms with Crippen molar-refractivity contribution >= 4 is 10.8 Å². The predicted octanol–water partition coefficient (Wildman–Crippen LogP) is 0.669. The van der Waals surface area contributed by atoms with Crippen LogP contribution in [0.1, 0.15) is 12.8 Å². The maximum atomic E-state index is 10.8. The molecule has 1 rings (SSSR count). The SMILES string of the molecule is N#C[C@@H]1CCCS(=O)C1. The summed E-state index contributed by atoms with van der Waals surface area (Å²) >= 11 is 0. The Morgan fingerprint density at radius 1 is 1.67 bits per heavy atom. The largest absolute Gasteiger partial charge is 0.260 e. The molecule has 0 aromatic rings. The van der Waals surface area contributed by atoms with E-state index in [0.717, 1.165) is 18.6 Å². The van der Waals surface area contributed by atoms with Gasteiger partial charge in [-0.15, -0.1) is 0 Å². The lowest BCUT2D eigenvalue weighted by molar-refractivity contribution is 0.604. The quantitative estimate of drug-likeness (QED) is 0.500. The average Bonchev–Trinajstić information content (AvgIpc) is 1.88. The third-order valence-corrected chi connectivity index (χ3v) is 3.01. The number of nitriles is 1. The van der Waals surface area contributed by atoms with Crippen LogP contribution in [0, 0.1) is 17.2 Å². The van der Waals surface area contributed by atoms with E-state index in [-0.39, 0.29) is 5.92 Å². The molecule has 1 saturated heterocycles. The van der Waals surface area contributed by atoms with Crippen molar-refractivity contribution in [1.29, 1.82) is 5.26 Å². The first-order valence-corrected chi connectivity index (χ1v) is 4.56. The number of hydrogen-bond acceptors (Lipinski definition) is 2. The molecular weight excluding hydrogens is 134 g/mol. The van der Waals surface area contributed by atoms with Gasteiger partial charge in [0.25, 0.3) is 0 Å². The normalized spacial score (nSPS) is 35.4. The maximum Gasteiger partial charge on any atom is 0.0665 e. The van der Waals surface area contributed by atoms with Gasteiger partial charge in [-0.05, 0) is 12.8 Å². The van der Waals surface area contributed by atoms with Crippen molar-refractivity contribution in [2.24, 2.45) is 5.92 Å². The van der Waals surface area contributed by atoms with Crippen molar-refractivity contribution < 1.29 is 4.21 Å². The highest BCUT2D eigenvalue weighted by molar-refractivity contribution is 7.85. The smallest absolute Gasteiger partial charge is 0.0665 e. The van der Waals surface area contributed by atoms with Crippen LogP contribution in [0.25, 0.3) is 0 Å². The summed E-state index contributed by atoms with van der Waals surface area (Å²) in [5.74, 6) is 1.48. The summed E-state index contributed by atoms with van der Waals surface area (Å²) in [6.07, 6.45) is 1.91. The molecule has 3 heteroatoms. The Kier molecular flexibility index (Phi) is 2.23. The minimum atomic E-state index is -0.693.